The first-order chi connectivity index (χ1) is 11.8. The predicted molar refractivity (Wildman–Crippen MR) is 108 cm³/mol. The average molecular weight is 378 g/mol. The third-order valence-corrected chi connectivity index (χ3v) is 7.54. The van der Waals surface area contributed by atoms with Gasteiger partial charge in [-0.2, -0.15) is 0 Å². The minimum absolute atomic E-state index is 0. The molecule has 1 aliphatic carbocycles. The molecule has 5 rings (SSSR count). The largest absolute Gasteiger partial charge is 0.346 e. The minimum Gasteiger partial charge on any atom is -0.346 e. The lowest BCUT2D eigenvalue weighted by Crippen LogP contribution is -2.51. The number of hydrogen-bond acceptors (Lipinski definition) is 4. The van der Waals surface area contributed by atoms with Crippen LogP contribution in [0.15, 0.2) is 40.9 Å². The van der Waals surface area contributed by atoms with Crippen LogP contribution < -0.4 is 11.1 Å². The van der Waals surface area contributed by atoms with Crippen molar-refractivity contribution in [3.05, 3.63) is 46.5 Å². The Bertz CT molecular complexity index is 638. The lowest BCUT2D eigenvalue weighted by atomic mass is 9.84. The van der Waals surface area contributed by atoms with E-state index in [2.05, 4.69) is 40.5 Å². The van der Waals surface area contributed by atoms with Gasteiger partial charge in [-0.05, 0) is 50.5 Å². The van der Waals surface area contributed by atoms with Gasteiger partial charge in [0.15, 0.2) is 0 Å². The molecular weight excluding hydrogens is 350 g/mol. The van der Waals surface area contributed by atoms with Crippen LogP contribution in [0.5, 0.6) is 0 Å². The molecule has 25 heavy (non-hydrogen) atoms. The summed E-state index contributed by atoms with van der Waals surface area (Å²) in [5, 5.41) is 3.78. The summed E-state index contributed by atoms with van der Waals surface area (Å²) in [6.45, 7) is 0. The van der Waals surface area contributed by atoms with E-state index >= 15 is 0 Å². The third kappa shape index (κ3) is 3.12. The first kappa shape index (κ1) is 17.7. The lowest BCUT2D eigenvalue weighted by molar-refractivity contribution is 0.162. The second-order valence-corrected chi connectivity index (χ2v) is 9.05. The number of rotatable bonds is 2. The summed E-state index contributed by atoms with van der Waals surface area (Å²) < 4.78 is 0. The second-order valence-electron chi connectivity index (χ2n) is 7.84. The van der Waals surface area contributed by atoms with Crippen molar-refractivity contribution >= 4 is 24.2 Å². The zero-order chi connectivity index (χ0) is 16.1. The number of nitrogens with zero attached hydrogens (tertiary/aromatic N) is 1. The molecule has 136 valence electrons. The van der Waals surface area contributed by atoms with Crippen molar-refractivity contribution in [2.45, 2.75) is 74.5 Å². The normalized spacial score (nSPS) is 37.0. The number of nitrogens with one attached hydrogen (secondary N) is 1. The fraction of sp³-hybridized carbons (Fsp3) is 0.600. The van der Waals surface area contributed by atoms with E-state index in [1.165, 1.54) is 50.5 Å². The van der Waals surface area contributed by atoms with Gasteiger partial charge in [0.2, 0.25) is 0 Å². The molecule has 0 amide bonds. The topological polar surface area (TPSA) is 41.3 Å². The van der Waals surface area contributed by atoms with Crippen LogP contribution in [0.4, 0.5) is 0 Å². The zero-order valence-corrected chi connectivity index (χ0v) is 16.2. The van der Waals surface area contributed by atoms with Gasteiger partial charge in [0, 0.05) is 34.6 Å². The Hall–Kier alpha value is -0.680. The van der Waals surface area contributed by atoms with Crippen LogP contribution in [0.25, 0.3) is 0 Å². The van der Waals surface area contributed by atoms with E-state index in [4.69, 9.17) is 5.73 Å². The molecule has 4 aliphatic rings. The van der Waals surface area contributed by atoms with Gasteiger partial charge in [-0.25, -0.2) is 0 Å². The molecule has 4 atom stereocenters. The van der Waals surface area contributed by atoms with Gasteiger partial charge < -0.3 is 16.0 Å². The molecule has 2 fully saturated rings. The van der Waals surface area contributed by atoms with Gasteiger partial charge in [-0.3, -0.25) is 0 Å². The molecule has 0 saturated carbocycles. The molecule has 4 unspecified atom stereocenters. The number of nitrogens with two attached hydrogens (primary N) is 1. The van der Waals surface area contributed by atoms with Crippen molar-refractivity contribution in [1.29, 1.82) is 0 Å². The van der Waals surface area contributed by atoms with Gasteiger partial charge in [-0.15, -0.1) is 12.4 Å². The van der Waals surface area contributed by atoms with Crippen LogP contribution in [0.3, 0.4) is 0 Å². The van der Waals surface area contributed by atoms with E-state index < -0.39 is 0 Å². The van der Waals surface area contributed by atoms with E-state index in [0.717, 1.165) is 12.1 Å². The van der Waals surface area contributed by atoms with E-state index in [0.29, 0.717) is 12.0 Å². The second kappa shape index (κ2) is 7.15. The fourth-order valence-corrected chi connectivity index (χ4v) is 6.70. The molecule has 0 radical (unpaired) electrons. The molecule has 1 aromatic carbocycles. The maximum atomic E-state index is 6.65. The summed E-state index contributed by atoms with van der Waals surface area (Å²) in [5.74, 6) is 0.545. The van der Waals surface area contributed by atoms with Gasteiger partial charge >= 0.3 is 0 Å². The number of fused-ring (bicyclic) bond motifs is 2. The Morgan fingerprint density at radius 2 is 1.76 bits per heavy atom. The quantitative estimate of drug-likeness (QED) is 0.811. The van der Waals surface area contributed by atoms with Crippen molar-refractivity contribution in [2.75, 3.05) is 0 Å². The van der Waals surface area contributed by atoms with Crippen LogP contribution in [0.2, 0.25) is 0 Å². The summed E-state index contributed by atoms with van der Waals surface area (Å²) in [4.78, 5) is 4.22. The fourth-order valence-electron chi connectivity index (χ4n) is 5.38. The minimum atomic E-state index is 0. The van der Waals surface area contributed by atoms with Gasteiger partial charge in [-0.1, -0.05) is 42.1 Å². The van der Waals surface area contributed by atoms with E-state index in [1.807, 2.05) is 11.8 Å². The number of allylic oxidation sites excluding steroid dienone is 2. The molecule has 3 aliphatic heterocycles. The first-order valence-corrected chi connectivity index (χ1v) is 10.4. The smallest absolute Gasteiger partial charge is 0.130 e. The molecule has 0 aromatic heterocycles. The molecular formula is C20H28ClN3S. The number of benzene rings is 1. The van der Waals surface area contributed by atoms with E-state index in [-0.39, 0.29) is 17.9 Å². The first-order valence-electron chi connectivity index (χ1n) is 9.54. The van der Waals surface area contributed by atoms with E-state index in [1.54, 1.807) is 10.6 Å². The van der Waals surface area contributed by atoms with Gasteiger partial charge in [0.25, 0.3) is 0 Å². The van der Waals surface area contributed by atoms with Crippen molar-refractivity contribution in [1.82, 2.24) is 10.2 Å². The average Bonchev–Trinajstić information content (AvgIpc) is 3.13. The number of piperidine rings is 1. The summed E-state index contributed by atoms with van der Waals surface area (Å²) >= 11 is 1.94. The van der Waals surface area contributed by atoms with Crippen molar-refractivity contribution < 1.29 is 0 Å². The van der Waals surface area contributed by atoms with Gasteiger partial charge in [0.05, 0.1) is 0 Å². The van der Waals surface area contributed by atoms with Crippen LogP contribution in [-0.2, 0) is 0 Å². The number of thioether (sulfide) groups is 1. The van der Waals surface area contributed by atoms with Crippen molar-refractivity contribution in [3.63, 3.8) is 0 Å². The van der Waals surface area contributed by atoms with Gasteiger partial charge in [0.1, 0.15) is 5.50 Å². The van der Waals surface area contributed by atoms with Crippen LogP contribution in [0.1, 0.15) is 56.4 Å². The maximum absolute atomic E-state index is 6.65. The lowest BCUT2D eigenvalue weighted by Gasteiger charge is -2.42. The van der Waals surface area contributed by atoms with Crippen LogP contribution in [0, 0.1) is 0 Å². The highest BCUT2D eigenvalue weighted by Gasteiger charge is 2.44. The van der Waals surface area contributed by atoms with Crippen LogP contribution >= 0.6 is 24.2 Å². The number of halogens is 1. The predicted octanol–water partition coefficient (Wildman–Crippen LogP) is 4.16. The Kier molecular flexibility index (Phi) is 5.07. The zero-order valence-electron chi connectivity index (χ0n) is 14.6. The molecule has 3 N–H and O–H groups in total. The molecule has 2 saturated heterocycles. The maximum Gasteiger partial charge on any atom is 0.130 e. The van der Waals surface area contributed by atoms with Crippen molar-refractivity contribution in [2.24, 2.45) is 5.73 Å². The highest BCUT2D eigenvalue weighted by Crippen LogP contribution is 2.51. The Morgan fingerprint density at radius 1 is 1.04 bits per heavy atom. The highest BCUT2D eigenvalue weighted by molar-refractivity contribution is 8.03. The summed E-state index contributed by atoms with van der Waals surface area (Å²) in [5.41, 5.74) is 9.83. The molecule has 3 nitrogen and oxygen atoms in total. The third-order valence-electron chi connectivity index (χ3n) is 6.37. The number of hydrogen-bond donors (Lipinski definition) is 2. The monoisotopic (exact) mass is 377 g/mol. The summed E-state index contributed by atoms with van der Waals surface area (Å²) in [6, 6.07) is 13.2. The Labute approximate surface area is 161 Å². The van der Waals surface area contributed by atoms with Crippen LogP contribution in [-0.4, -0.2) is 28.5 Å². The molecule has 2 bridgehead atoms. The highest BCUT2D eigenvalue weighted by atomic mass is 35.5. The van der Waals surface area contributed by atoms with E-state index in [9.17, 15) is 0 Å². The summed E-state index contributed by atoms with van der Waals surface area (Å²) in [7, 11) is 0. The Morgan fingerprint density at radius 3 is 2.48 bits per heavy atom. The molecule has 5 heteroatoms. The molecule has 3 heterocycles. The molecule has 0 spiro atoms. The standard InChI is InChI=1S/C20H27N3S.ClH/c21-20-23(16-11-14-9-10-15(12-16)22-14)19-17(7-4-8-18(19)24-20)13-5-2-1-3-6-13;/h1-3,5-6,14-17,20,22H,4,7-12,21H2;1H. The summed E-state index contributed by atoms with van der Waals surface area (Å²) in [6.07, 6.45) is 9.03. The molecule has 1 aromatic rings. The SMILES string of the molecule is Cl.NC1SC2=C(C(c3ccccc3)CCC2)N1C1CC2CCC(C1)N2. The Balaban J connectivity index is 0.00000157. The van der Waals surface area contributed by atoms with Crippen molar-refractivity contribution in [3.8, 4) is 0 Å².